The Morgan fingerprint density at radius 1 is 1.75 bits per heavy atom. The zero-order valence-electron chi connectivity index (χ0n) is 5.29. The molecule has 0 aromatic rings. The highest BCUT2D eigenvalue weighted by atomic mass is 32.1. The molecule has 0 bridgehead atoms. The molecule has 0 fully saturated rings. The van der Waals surface area contributed by atoms with Gasteiger partial charge in [0.05, 0.1) is 5.25 Å². The molecule has 0 aliphatic carbocycles. The molecular formula is C6H12OS. The van der Waals surface area contributed by atoms with Gasteiger partial charge in [0.1, 0.15) is 6.29 Å². The molecule has 48 valence electrons. The van der Waals surface area contributed by atoms with Gasteiger partial charge in [-0.2, -0.15) is 12.6 Å². The molecule has 0 rings (SSSR count). The second-order valence-corrected chi connectivity index (χ2v) is 2.61. The van der Waals surface area contributed by atoms with E-state index in [1.54, 1.807) is 0 Å². The van der Waals surface area contributed by atoms with Gasteiger partial charge in [0.15, 0.2) is 0 Å². The average Bonchev–Trinajstić information content (AvgIpc) is 1.84. The van der Waals surface area contributed by atoms with Crippen LogP contribution in [0.5, 0.6) is 0 Å². The van der Waals surface area contributed by atoms with Gasteiger partial charge in [-0.3, -0.25) is 0 Å². The smallest absolute Gasteiger partial charge is 0.132 e. The first-order valence-electron chi connectivity index (χ1n) is 2.85. The highest BCUT2D eigenvalue weighted by molar-refractivity contribution is 7.81. The van der Waals surface area contributed by atoms with Crippen LogP contribution in [0.25, 0.3) is 0 Å². The van der Waals surface area contributed by atoms with Crippen molar-refractivity contribution in [3.63, 3.8) is 0 Å². The fourth-order valence-electron chi connectivity index (χ4n) is 0.376. The molecule has 0 aromatic carbocycles. The summed E-state index contributed by atoms with van der Waals surface area (Å²) in [6, 6.07) is 0. The molecule has 0 N–H and O–H groups in total. The molecule has 1 nitrogen and oxygen atoms in total. The summed E-state index contributed by atoms with van der Waals surface area (Å²) < 4.78 is 0. The van der Waals surface area contributed by atoms with Gasteiger partial charge in [-0.1, -0.05) is 20.3 Å². The van der Waals surface area contributed by atoms with Crippen molar-refractivity contribution in [3.05, 3.63) is 0 Å². The molecule has 0 aromatic heterocycles. The van der Waals surface area contributed by atoms with Gasteiger partial charge in [0.25, 0.3) is 0 Å². The maximum Gasteiger partial charge on any atom is 0.132 e. The maximum atomic E-state index is 10.0. The van der Waals surface area contributed by atoms with Crippen LogP contribution in [0, 0.1) is 5.92 Å². The molecule has 0 amide bonds. The highest BCUT2D eigenvalue weighted by Crippen LogP contribution is 2.09. The van der Waals surface area contributed by atoms with Crippen molar-refractivity contribution in [3.8, 4) is 0 Å². The molecular weight excluding hydrogens is 120 g/mol. The number of rotatable bonds is 3. The van der Waals surface area contributed by atoms with Gasteiger partial charge < -0.3 is 4.79 Å². The second-order valence-electron chi connectivity index (χ2n) is 2.01. The van der Waals surface area contributed by atoms with Crippen LogP contribution in [-0.4, -0.2) is 11.5 Å². The lowest BCUT2D eigenvalue weighted by atomic mass is 10.1. The van der Waals surface area contributed by atoms with Gasteiger partial charge in [0.2, 0.25) is 0 Å². The molecule has 2 heteroatoms. The van der Waals surface area contributed by atoms with E-state index in [1.807, 2.05) is 6.92 Å². The van der Waals surface area contributed by atoms with E-state index in [-0.39, 0.29) is 5.25 Å². The molecule has 0 spiro atoms. The van der Waals surface area contributed by atoms with E-state index in [4.69, 9.17) is 0 Å². The van der Waals surface area contributed by atoms with E-state index in [9.17, 15) is 4.79 Å². The van der Waals surface area contributed by atoms with E-state index in [0.29, 0.717) is 5.92 Å². The minimum absolute atomic E-state index is 0.0694. The second kappa shape index (κ2) is 3.96. The fraction of sp³-hybridized carbons (Fsp3) is 0.833. The Bertz CT molecular complexity index is 72.9. The van der Waals surface area contributed by atoms with Gasteiger partial charge in [0, 0.05) is 0 Å². The van der Waals surface area contributed by atoms with Crippen molar-refractivity contribution in [1.29, 1.82) is 0 Å². The molecule has 8 heavy (non-hydrogen) atoms. The van der Waals surface area contributed by atoms with Crippen LogP contribution in [-0.2, 0) is 4.79 Å². The quantitative estimate of drug-likeness (QED) is 0.455. The summed E-state index contributed by atoms with van der Waals surface area (Å²) in [6.07, 6.45) is 1.91. The maximum absolute atomic E-state index is 10.0. The Morgan fingerprint density at radius 3 is 2.38 bits per heavy atom. The van der Waals surface area contributed by atoms with E-state index in [1.165, 1.54) is 0 Å². The lowest BCUT2D eigenvalue weighted by Gasteiger charge is -2.08. The number of hydrogen-bond donors (Lipinski definition) is 1. The number of carbonyl (C=O) groups excluding carboxylic acids is 1. The van der Waals surface area contributed by atoms with Gasteiger partial charge in [-0.15, -0.1) is 0 Å². The largest absolute Gasteiger partial charge is 0.302 e. The molecule has 2 atom stereocenters. The third-order valence-corrected chi connectivity index (χ3v) is 2.00. The molecule has 0 saturated carbocycles. The average molecular weight is 132 g/mol. The summed E-state index contributed by atoms with van der Waals surface area (Å²) in [6.45, 7) is 4.07. The predicted octanol–water partition coefficient (Wildman–Crippen LogP) is 1.53. The van der Waals surface area contributed by atoms with Crippen LogP contribution in [0.2, 0.25) is 0 Å². The monoisotopic (exact) mass is 132 g/mol. The zero-order chi connectivity index (χ0) is 6.57. The first-order chi connectivity index (χ1) is 3.72. The Labute approximate surface area is 55.9 Å². The summed E-state index contributed by atoms with van der Waals surface area (Å²) in [5, 5.41) is -0.0694. The molecule has 0 aliphatic rings. The van der Waals surface area contributed by atoms with Crippen LogP contribution < -0.4 is 0 Å². The summed E-state index contributed by atoms with van der Waals surface area (Å²) in [5.41, 5.74) is 0. The van der Waals surface area contributed by atoms with E-state index in [0.717, 1.165) is 12.7 Å². The third kappa shape index (κ3) is 2.36. The van der Waals surface area contributed by atoms with Gasteiger partial charge in [-0.25, -0.2) is 0 Å². The van der Waals surface area contributed by atoms with E-state index in [2.05, 4.69) is 19.6 Å². The summed E-state index contributed by atoms with van der Waals surface area (Å²) in [7, 11) is 0. The fourth-order valence-corrected chi connectivity index (χ4v) is 0.586. The lowest BCUT2D eigenvalue weighted by molar-refractivity contribution is -0.108. The number of thiol groups is 1. The number of hydrogen-bond acceptors (Lipinski definition) is 2. The highest BCUT2D eigenvalue weighted by Gasteiger charge is 2.07. The van der Waals surface area contributed by atoms with E-state index < -0.39 is 0 Å². The number of carbonyl (C=O) groups is 1. The Morgan fingerprint density at radius 2 is 2.25 bits per heavy atom. The van der Waals surface area contributed by atoms with Gasteiger partial charge >= 0.3 is 0 Å². The number of aldehydes is 1. The first kappa shape index (κ1) is 8.02. The SMILES string of the molecule is CCC(C)[C@H](S)C=O. The summed E-state index contributed by atoms with van der Waals surface area (Å²) in [5.74, 6) is 0.413. The minimum atomic E-state index is -0.0694. The Balaban J connectivity index is 3.44. The molecule has 0 saturated heterocycles. The molecule has 0 radical (unpaired) electrons. The minimum Gasteiger partial charge on any atom is -0.302 e. The third-order valence-electron chi connectivity index (χ3n) is 1.37. The molecule has 1 unspecified atom stereocenters. The van der Waals surface area contributed by atoms with Crippen molar-refractivity contribution >= 4 is 18.9 Å². The van der Waals surface area contributed by atoms with Crippen LogP contribution >= 0.6 is 12.6 Å². The van der Waals surface area contributed by atoms with Crippen molar-refractivity contribution in [1.82, 2.24) is 0 Å². The molecule has 0 heterocycles. The van der Waals surface area contributed by atoms with Crippen molar-refractivity contribution < 1.29 is 4.79 Å². The topological polar surface area (TPSA) is 17.1 Å². The Kier molecular flexibility index (Phi) is 3.97. The van der Waals surface area contributed by atoms with Crippen LogP contribution in [0.15, 0.2) is 0 Å². The predicted molar refractivity (Wildman–Crippen MR) is 38.3 cm³/mol. The Hall–Kier alpha value is 0.0200. The van der Waals surface area contributed by atoms with Crippen molar-refractivity contribution in [2.75, 3.05) is 0 Å². The van der Waals surface area contributed by atoms with Crippen LogP contribution in [0.3, 0.4) is 0 Å². The summed E-state index contributed by atoms with van der Waals surface area (Å²) in [4.78, 5) is 10.0. The standard InChI is InChI=1S/C6H12OS/c1-3-5(2)6(8)4-7/h4-6,8H,3H2,1-2H3/t5?,6-/m1/s1. The van der Waals surface area contributed by atoms with Crippen molar-refractivity contribution in [2.24, 2.45) is 5.92 Å². The normalized spacial score (nSPS) is 17.4. The molecule has 0 aliphatic heterocycles. The van der Waals surface area contributed by atoms with Gasteiger partial charge in [-0.05, 0) is 5.92 Å². The summed E-state index contributed by atoms with van der Waals surface area (Å²) >= 11 is 4.04. The zero-order valence-corrected chi connectivity index (χ0v) is 6.19. The van der Waals surface area contributed by atoms with Crippen molar-refractivity contribution in [2.45, 2.75) is 25.5 Å². The van der Waals surface area contributed by atoms with Crippen LogP contribution in [0.4, 0.5) is 0 Å². The first-order valence-corrected chi connectivity index (χ1v) is 3.37. The van der Waals surface area contributed by atoms with Crippen LogP contribution in [0.1, 0.15) is 20.3 Å². The van der Waals surface area contributed by atoms with E-state index >= 15 is 0 Å². The lowest BCUT2D eigenvalue weighted by Crippen LogP contribution is -2.11.